The molecule has 0 aromatic carbocycles. The van der Waals surface area contributed by atoms with Crippen LogP contribution in [0, 0.1) is 5.92 Å². The van der Waals surface area contributed by atoms with Crippen LogP contribution in [0.1, 0.15) is 38.9 Å². The molecule has 2 fully saturated rings. The number of nitrogens with zero attached hydrogens (tertiary/aromatic N) is 5. The maximum absolute atomic E-state index is 5.70. The molecule has 2 aliphatic rings. The van der Waals surface area contributed by atoms with Gasteiger partial charge in [-0.15, -0.1) is 24.0 Å². The van der Waals surface area contributed by atoms with Gasteiger partial charge < -0.3 is 19.9 Å². The van der Waals surface area contributed by atoms with Gasteiger partial charge in [0.2, 0.25) is 5.13 Å². The summed E-state index contributed by atoms with van der Waals surface area (Å²) in [5, 5.41) is 4.48. The molecule has 7 nitrogen and oxygen atoms in total. The van der Waals surface area contributed by atoms with E-state index in [1.54, 1.807) is 0 Å². The summed E-state index contributed by atoms with van der Waals surface area (Å²) in [6.07, 6.45) is 4.60. The van der Waals surface area contributed by atoms with Gasteiger partial charge >= 0.3 is 0 Å². The molecule has 1 aliphatic heterocycles. The molecule has 154 valence electrons. The van der Waals surface area contributed by atoms with Crippen molar-refractivity contribution in [3.63, 3.8) is 0 Å². The number of anilines is 1. The Labute approximate surface area is 184 Å². The van der Waals surface area contributed by atoms with E-state index in [0.29, 0.717) is 0 Å². The molecule has 0 bridgehead atoms. The van der Waals surface area contributed by atoms with Crippen molar-refractivity contribution in [3.8, 4) is 0 Å². The van der Waals surface area contributed by atoms with Crippen LogP contribution in [-0.4, -0.2) is 72.7 Å². The van der Waals surface area contributed by atoms with Crippen molar-refractivity contribution in [1.82, 2.24) is 19.6 Å². The van der Waals surface area contributed by atoms with Crippen molar-refractivity contribution < 1.29 is 4.74 Å². The Bertz CT molecular complexity index is 572. The summed E-state index contributed by atoms with van der Waals surface area (Å²) in [5.41, 5.74) is 0. The van der Waals surface area contributed by atoms with Crippen molar-refractivity contribution in [2.24, 2.45) is 10.9 Å². The molecule has 2 heterocycles. The van der Waals surface area contributed by atoms with Gasteiger partial charge in [-0.1, -0.05) is 6.92 Å². The zero-order chi connectivity index (χ0) is 18.2. The molecule has 1 N–H and O–H groups in total. The summed E-state index contributed by atoms with van der Waals surface area (Å²) in [5.74, 6) is 2.82. The van der Waals surface area contributed by atoms with Gasteiger partial charge in [-0.25, -0.2) is 4.98 Å². The summed E-state index contributed by atoms with van der Waals surface area (Å²) in [4.78, 5) is 14.1. The molecule has 1 aromatic heterocycles. The lowest BCUT2D eigenvalue weighted by atomic mass is 10.3. The van der Waals surface area contributed by atoms with Gasteiger partial charge in [-0.2, -0.15) is 4.37 Å². The smallest absolute Gasteiger partial charge is 0.205 e. The van der Waals surface area contributed by atoms with Crippen LogP contribution in [0.25, 0.3) is 0 Å². The molecule has 0 unspecified atom stereocenters. The SMILES string of the molecule is CCNC(=NCCCOCC1CC1)N1CCN(c2nc(CC)ns2)CC1.I. The fourth-order valence-electron chi connectivity index (χ4n) is 2.94. The van der Waals surface area contributed by atoms with E-state index in [0.717, 1.165) is 88.2 Å². The molecular weight excluding hydrogens is 475 g/mol. The lowest BCUT2D eigenvalue weighted by Gasteiger charge is -2.36. The minimum absolute atomic E-state index is 0. The van der Waals surface area contributed by atoms with E-state index in [1.807, 2.05) is 0 Å². The molecule has 9 heteroatoms. The standard InChI is InChI=1S/C18H32N6OS.HI/c1-3-16-21-18(26-22-16)24-11-9-23(10-12-24)17(19-4-2)20-8-5-13-25-14-15-6-7-15;/h15H,3-14H2,1-2H3,(H,19,20);1H. The predicted molar refractivity (Wildman–Crippen MR) is 123 cm³/mol. The van der Waals surface area contributed by atoms with Crippen LogP contribution >= 0.6 is 35.5 Å². The third-order valence-corrected chi connectivity index (χ3v) is 5.53. The highest BCUT2D eigenvalue weighted by atomic mass is 127. The average molecular weight is 508 g/mol. The first kappa shape index (κ1) is 22.6. The molecule has 0 amide bonds. The van der Waals surface area contributed by atoms with Gasteiger partial charge in [-0.3, -0.25) is 4.99 Å². The number of ether oxygens (including phenoxy) is 1. The first-order chi connectivity index (χ1) is 12.8. The predicted octanol–water partition coefficient (Wildman–Crippen LogP) is 2.62. The van der Waals surface area contributed by atoms with E-state index in [1.165, 1.54) is 24.4 Å². The molecule has 1 saturated heterocycles. The molecule has 0 spiro atoms. The number of aromatic nitrogens is 2. The Hall–Kier alpha value is -0.680. The second-order valence-electron chi connectivity index (χ2n) is 6.93. The Balaban J connectivity index is 0.00000261. The number of halogens is 1. The van der Waals surface area contributed by atoms with Crippen LogP contribution in [0.15, 0.2) is 4.99 Å². The first-order valence-corrected chi connectivity index (χ1v) is 10.8. The Morgan fingerprint density at radius 2 is 2.04 bits per heavy atom. The lowest BCUT2D eigenvalue weighted by Crippen LogP contribution is -2.52. The topological polar surface area (TPSA) is 65.9 Å². The number of aliphatic imine (C=N–C) groups is 1. The van der Waals surface area contributed by atoms with Crippen LogP contribution in [0.5, 0.6) is 0 Å². The van der Waals surface area contributed by atoms with Gasteiger partial charge in [-0.05, 0) is 32.1 Å². The van der Waals surface area contributed by atoms with E-state index in [-0.39, 0.29) is 24.0 Å². The highest BCUT2D eigenvalue weighted by Gasteiger charge is 2.22. The molecule has 1 saturated carbocycles. The Kier molecular flexibility index (Phi) is 10.1. The van der Waals surface area contributed by atoms with Gasteiger partial charge in [0, 0.05) is 70.4 Å². The van der Waals surface area contributed by atoms with Gasteiger partial charge in [0.25, 0.3) is 0 Å². The fourth-order valence-corrected chi connectivity index (χ4v) is 3.74. The molecule has 0 atom stereocenters. The average Bonchev–Trinajstić information content (AvgIpc) is 3.37. The minimum Gasteiger partial charge on any atom is -0.381 e. The molecule has 1 aromatic rings. The molecule has 0 radical (unpaired) electrons. The number of aryl methyl sites for hydroxylation is 1. The summed E-state index contributed by atoms with van der Waals surface area (Å²) < 4.78 is 10.1. The first-order valence-electron chi connectivity index (χ1n) is 9.98. The molecule has 27 heavy (non-hydrogen) atoms. The maximum atomic E-state index is 5.70. The fraction of sp³-hybridized carbons (Fsp3) is 0.833. The van der Waals surface area contributed by atoms with E-state index < -0.39 is 0 Å². The Morgan fingerprint density at radius 1 is 1.26 bits per heavy atom. The van der Waals surface area contributed by atoms with E-state index in [2.05, 4.69) is 38.3 Å². The zero-order valence-electron chi connectivity index (χ0n) is 16.5. The van der Waals surface area contributed by atoms with Crippen LogP contribution in [0.2, 0.25) is 0 Å². The van der Waals surface area contributed by atoms with Crippen molar-refractivity contribution in [1.29, 1.82) is 0 Å². The van der Waals surface area contributed by atoms with Crippen molar-refractivity contribution >= 4 is 46.6 Å². The summed E-state index contributed by atoms with van der Waals surface area (Å²) >= 11 is 1.51. The summed E-state index contributed by atoms with van der Waals surface area (Å²) in [6.45, 7) is 11.6. The zero-order valence-corrected chi connectivity index (χ0v) is 19.7. The van der Waals surface area contributed by atoms with E-state index >= 15 is 0 Å². The second-order valence-corrected chi connectivity index (χ2v) is 7.66. The van der Waals surface area contributed by atoms with Crippen molar-refractivity contribution in [2.75, 3.05) is 57.4 Å². The number of hydrogen-bond acceptors (Lipinski definition) is 6. The number of nitrogens with one attached hydrogen (secondary N) is 1. The third kappa shape index (κ3) is 7.34. The number of guanidine groups is 1. The Morgan fingerprint density at radius 3 is 2.67 bits per heavy atom. The van der Waals surface area contributed by atoms with Gasteiger partial charge in [0.1, 0.15) is 5.82 Å². The summed E-state index contributed by atoms with van der Waals surface area (Å²) in [6, 6.07) is 0. The number of piperazine rings is 1. The third-order valence-electron chi connectivity index (χ3n) is 4.72. The molecular formula is C18H33IN6OS. The lowest BCUT2D eigenvalue weighted by molar-refractivity contribution is 0.123. The van der Waals surface area contributed by atoms with Crippen LogP contribution in [-0.2, 0) is 11.2 Å². The molecule has 3 rings (SSSR count). The van der Waals surface area contributed by atoms with E-state index in [4.69, 9.17) is 9.73 Å². The highest BCUT2D eigenvalue weighted by Crippen LogP contribution is 2.28. The van der Waals surface area contributed by atoms with Crippen LogP contribution in [0.3, 0.4) is 0 Å². The number of hydrogen-bond donors (Lipinski definition) is 1. The molecule has 1 aliphatic carbocycles. The van der Waals surface area contributed by atoms with E-state index in [9.17, 15) is 0 Å². The normalized spacial score (nSPS) is 17.8. The van der Waals surface area contributed by atoms with Crippen molar-refractivity contribution in [3.05, 3.63) is 5.82 Å². The second kappa shape index (κ2) is 12.0. The largest absolute Gasteiger partial charge is 0.381 e. The minimum atomic E-state index is 0. The van der Waals surface area contributed by atoms with Gasteiger partial charge in [0.05, 0.1) is 0 Å². The highest BCUT2D eigenvalue weighted by molar-refractivity contribution is 14.0. The van der Waals surface area contributed by atoms with Crippen molar-refractivity contribution in [2.45, 2.75) is 39.5 Å². The number of rotatable bonds is 9. The van der Waals surface area contributed by atoms with Crippen LogP contribution < -0.4 is 10.2 Å². The summed E-state index contributed by atoms with van der Waals surface area (Å²) in [7, 11) is 0. The maximum Gasteiger partial charge on any atom is 0.205 e. The van der Waals surface area contributed by atoms with Crippen LogP contribution in [0.4, 0.5) is 5.13 Å². The van der Waals surface area contributed by atoms with Gasteiger partial charge in [0.15, 0.2) is 5.96 Å². The quantitative estimate of drug-likeness (QED) is 0.240. The monoisotopic (exact) mass is 508 g/mol.